The van der Waals surface area contributed by atoms with E-state index in [2.05, 4.69) is 0 Å². The topological polar surface area (TPSA) is 60.8 Å². The number of rotatable bonds is 1. The normalized spacial score (nSPS) is 8.22. The average molecular weight is 195 g/mol. The fourth-order valence-electron chi connectivity index (χ4n) is 0. The van der Waals surface area contributed by atoms with Crippen LogP contribution in [-0.4, -0.2) is 20.3 Å². The highest BCUT2D eigenvalue weighted by atomic mass is 35.5. The summed E-state index contributed by atoms with van der Waals surface area (Å²) in [5.74, 6) is 0. The maximum Gasteiger partial charge on any atom is 0.692 e. The van der Waals surface area contributed by atoms with Crippen LogP contribution < -0.4 is 0 Å². The van der Waals surface area contributed by atoms with Gasteiger partial charge in [-0.25, -0.2) is 0 Å². The zero-order chi connectivity index (χ0) is 7.86. The van der Waals surface area contributed by atoms with Crippen molar-refractivity contribution >= 4 is 31.8 Å². The average Bonchev–Trinajstić information content (AvgIpc) is 1.65. The first kappa shape index (κ1) is 12.3. The van der Waals surface area contributed by atoms with Crippen molar-refractivity contribution in [2.45, 2.75) is 6.92 Å². The summed E-state index contributed by atoms with van der Waals surface area (Å²) in [5, 5.41) is 0. The summed E-state index contributed by atoms with van der Waals surface area (Å²) in [4.78, 5) is 14.2. The Morgan fingerprint density at radius 2 is 1.67 bits per heavy atom. The first-order chi connectivity index (χ1) is 4.00. The molecule has 4 nitrogen and oxygen atoms in total. The van der Waals surface area contributed by atoms with E-state index in [1.54, 1.807) is 0 Å². The Labute approximate surface area is 64.2 Å². The predicted octanol–water partition coefficient (Wildman–Crippen LogP) is 1.24. The van der Waals surface area contributed by atoms with Crippen molar-refractivity contribution in [2.24, 2.45) is 0 Å². The van der Waals surface area contributed by atoms with Gasteiger partial charge in [0.25, 0.3) is 0 Å². The van der Waals surface area contributed by atoms with Crippen molar-refractivity contribution in [3.63, 3.8) is 0 Å². The molecule has 0 aliphatic rings. The smallest absolute Gasteiger partial charge is 0.134 e. The fourth-order valence-corrected chi connectivity index (χ4v) is 0. The number of hydrogen-bond acceptors (Lipinski definition) is 2. The van der Waals surface area contributed by atoms with Gasteiger partial charge in [0.1, 0.15) is 0 Å². The van der Waals surface area contributed by atoms with Gasteiger partial charge in [0.05, 0.1) is 0 Å². The highest BCUT2D eigenvalue weighted by Gasteiger charge is 1.93. The van der Waals surface area contributed by atoms with Crippen molar-refractivity contribution in [2.75, 3.05) is 6.54 Å². The Hall–Kier alpha value is 0.560. The van der Waals surface area contributed by atoms with Crippen molar-refractivity contribution in [1.82, 2.24) is 3.94 Å². The molecule has 9 heavy (non-hydrogen) atoms. The van der Waals surface area contributed by atoms with E-state index in [0.29, 0.717) is 6.54 Å². The quantitative estimate of drug-likeness (QED) is 0.488. The first-order valence-corrected chi connectivity index (χ1v) is 3.79. The molecule has 0 radical (unpaired) electrons. The second-order valence-corrected chi connectivity index (χ2v) is 2.37. The van der Waals surface area contributed by atoms with Gasteiger partial charge in [0, 0.05) is 11.1 Å². The lowest BCUT2D eigenvalue weighted by atomic mass is 10.8. The molecule has 0 aliphatic heterocycles. The van der Waals surface area contributed by atoms with Crippen LogP contribution in [0.5, 0.6) is 0 Å². The van der Waals surface area contributed by atoms with Crippen LogP contribution in [0.1, 0.15) is 6.92 Å². The van der Waals surface area contributed by atoms with E-state index in [-0.39, 0.29) is 0 Å². The van der Waals surface area contributed by atoms with E-state index in [1.807, 2.05) is 6.92 Å². The molecule has 0 atom stereocenters. The molecule has 2 N–H and O–H groups in total. The lowest BCUT2D eigenvalue weighted by Crippen LogP contribution is -1.91. The standard InChI is InChI=1S/C2H5Cl2N.HO3P/c1-2-5(3)4;1-4(2)3/h2H2,1H3;(H-,1,2,3)/p+1. The highest BCUT2D eigenvalue weighted by Crippen LogP contribution is 1.98. The van der Waals surface area contributed by atoms with Gasteiger partial charge in [-0.3, -0.25) is 0 Å². The minimum Gasteiger partial charge on any atom is -0.134 e. The Morgan fingerprint density at radius 1 is 1.56 bits per heavy atom. The minimum absolute atomic E-state index is 0.670. The molecule has 56 valence electrons. The second kappa shape index (κ2) is 8.56. The van der Waals surface area contributed by atoms with Gasteiger partial charge >= 0.3 is 8.25 Å². The van der Waals surface area contributed by atoms with Crippen LogP contribution >= 0.6 is 31.8 Å². The summed E-state index contributed by atoms with van der Waals surface area (Å²) in [6.07, 6.45) is 0. The van der Waals surface area contributed by atoms with Crippen LogP contribution in [0.4, 0.5) is 0 Å². The van der Waals surface area contributed by atoms with Crippen LogP contribution in [0.25, 0.3) is 0 Å². The van der Waals surface area contributed by atoms with Gasteiger partial charge < -0.3 is 0 Å². The van der Waals surface area contributed by atoms with E-state index < -0.39 is 8.25 Å². The molecule has 0 saturated heterocycles. The molecule has 0 aromatic rings. The molecule has 0 aromatic carbocycles. The summed E-state index contributed by atoms with van der Waals surface area (Å²) < 4.78 is 9.77. The van der Waals surface area contributed by atoms with E-state index in [4.69, 9.17) is 37.9 Å². The Bertz CT molecular complexity index is 76.2. The molecular formula is C2H7Cl2NO3P+. The molecule has 0 fully saturated rings. The highest BCUT2D eigenvalue weighted by molar-refractivity contribution is 7.30. The maximum absolute atomic E-state index is 8.70. The maximum atomic E-state index is 8.70. The zero-order valence-corrected chi connectivity index (χ0v) is 7.07. The summed E-state index contributed by atoms with van der Waals surface area (Å²) in [7, 11) is -2.87. The van der Waals surface area contributed by atoms with E-state index in [9.17, 15) is 0 Å². The fraction of sp³-hybridized carbons (Fsp3) is 1.00. The van der Waals surface area contributed by atoms with Gasteiger partial charge in [-0.1, -0.05) is 0 Å². The Morgan fingerprint density at radius 3 is 1.67 bits per heavy atom. The lowest BCUT2D eigenvalue weighted by Gasteiger charge is -1.90. The predicted molar refractivity (Wildman–Crippen MR) is 36.1 cm³/mol. The number of nitrogens with zero attached hydrogens (tertiary/aromatic N) is 1. The lowest BCUT2D eigenvalue weighted by molar-refractivity contribution is 0.405. The van der Waals surface area contributed by atoms with Crippen molar-refractivity contribution in [3.05, 3.63) is 0 Å². The summed E-state index contributed by atoms with van der Waals surface area (Å²) in [6, 6.07) is 0. The third-order valence-electron chi connectivity index (χ3n) is 0.239. The van der Waals surface area contributed by atoms with E-state index in [0.717, 1.165) is 3.94 Å². The minimum atomic E-state index is -2.87. The van der Waals surface area contributed by atoms with Crippen LogP contribution in [0.3, 0.4) is 0 Å². The molecule has 0 heterocycles. The van der Waals surface area contributed by atoms with Crippen molar-refractivity contribution in [1.29, 1.82) is 0 Å². The van der Waals surface area contributed by atoms with Gasteiger partial charge in [0.2, 0.25) is 0 Å². The third kappa shape index (κ3) is 56.2. The van der Waals surface area contributed by atoms with Crippen LogP contribution in [0.2, 0.25) is 0 Å². The summed E-state index contributed by atoms with van der Waals surface area (Å²) in [6.45, 7) is 2.53. The van der Waals surface area contributed by atoms with Gasteiger partial charge in [-0.15, -0.1) is 13.7 Å². The molecule has 0 amide bonds. The van der Waals surface area contributed by atoms with E-state index >= 15 is 0 Å². The molecule has 0 spiro atoms. The largest absolute Gasteiger partial charge is 0.692 e. The third-order valence-corrected chi connectivity index (χ3v) is 0.717. The molecule has 0 bridgehead atoms. The molecule has 0 saturated carbocycles. The van der Waals surface area contributed by atoms with Crippen molar-refractivity contribution < 1.29 is 14.4 Å². The monoisotopic (exact) mass is 194 g/mol. The molecule has 7 heteroatoms. The molecule has 0 unspecified atom stereocenters. The first-order valence-electron chi connectivity index (χ1n) is 1.94. The van der Waals surface area contributed by atoms with Gasteiger partial charge in [-0.05, 0) is 30.5 Å². The molecule has 0 aliphatic carbocycles. The Kier molecular flexibility index (Phi) is 11.7. The molecule has 0 aromatic heterocycles. The van der Waals surface area contributed by atoms with Crippen LogP contribution in [0.15, 0.2) is 0 Å². The van der Waals surface area contributed by atoms with Crippen LogP contribution in [0, 0.1) is 0 Å². The zero-order valence-electron chi connectivity index (χ0n) is 4.66. The Balaban J connectivity index is 0. The second-order valence-electron chi connectivity index (χ2n) is 0.872. The van der Waals surface area contributed by atoms with Crippen LogP contribution in [-0.2, 0) is 4.57 Å². The number of halogens is 2. The molecular weight excluding hydrogens is 188 g/mol. The van der Waals surface area contributed by atoms with Gasteiger partial charge in [0.15, 0.2) is 0 Å². The van der Waals surface area contributed by atoms with Crippen molar-refractivity contribution in [3.8, 4) is 0 Å². The summed E-state index contributed by atoms with van der Waals surface area (Å²) in [5.41, 5.74) is 0. The number of hydrogen-bond donors (Lipinski definition) is 2. The summed E-state index contributed by atoms with van der Waals surface area (Å²) >= 11 is 10.1. The van der Waals surface area contributed by atoms with Gasteiger partial charge in [-0.2, -0.15) is 0 Å². The molecule has 0 rings (SSSR count). The SMILES string of the molecule is CCN(Cl)Cl.O=[P+](O)O. The van der Waals surface area contributed by atoms with E-state index in [1.165, 1.54) is 0 Å².